The lowest BCUT2D eigenvalue weighted by atomic mass is 9.93. The fraction of sp³-hybridized carbons (Fsp3) is 0.250. The Kier molecular flexibility index (Phi) is 10.4. The van der Waals surface area contributed by atoms with E-state index in [9.17, 15) is 19.7 Å². The van der Waals surface area contributed by atoms with Gasteiger partial charge in [-0.2, -0.15) is 0 Å². The molecule has 2 amide bonds. The Labute approximate surface area is 226 Å². The number of guanidine groups is 1. The number of hydrazone groups is 1. The van der Waals surface area contributed by atoms with Gasteiger partial charge in [-0.3, -0.25) is 9.59 Å². The number of rotatable bonds is 13. The highest BCUT2D eigenvalue weighted by atomic mass is 16.7. The van der Waals surface area contributed by atoms with Crippen molar-refractivity contribution >= 4 is 17.8 Å². The molecular formula is C28H32N6O5. The molecule has 0 aliphatic heterocycles. The van der Waals surface area contributed by atoms with Crippen LogP contribution in [-0.4, -0.2) is 47.4 Å². The summed E-state index contributed by atoms with van der Waals surface area (Å²) in [5.41, 5.74) is 13.8. The number of hydrogen-bond donors (Lipinski definition) is 3. The summed E-state index contributed by atoms with van der Waals surface area (Å²) in [6, 6.07) is 24.4. The second kappa shape index (κ2) is 14.1. The molecule has 39 heavy (non-hydrogen) atoms. The number of ether oxygens (including phenoxy) is 1. The number of nitro groups is 1. The van der Waals surface area contributed by atoms with E-state index in [0.29, 0.717) is 12.2 Å². The van der Waals surface area contributed by atoms with Gasteiger partial charge >= 0.3 is 0 Å². The predicted molar refractivity (Wildman–Crippen MR) is 147 cm³/mol. The largest absolute Gasteiger partial charge is 0.497 e. The Hall–Kier alpha value is -4.93. The van der Waals surface area contributed by atoms with Crippen molar-refractivity contribution in [2.24, 2.45) is 16.6 Å². The first-order valence-electron chi connectivity index (χ1n) is 12.4. The van der Waals surface area contributed by atoms with Gasteiger partial charge in [-0.15, -0.1) is 0 Å². The minimum absolute atomic E-state index is 0.0324. The molecule has 3 aromatic rings. The van der Waals surface area contributed by atoms with E-state index in [-0.39, 0.29) is 31.3 Å². The van der Waals surface area contributed by atoms with Crippen LogP contribution in [0.15, 0.2) is 90.0 Å². The van der Waals surface area contributed by atoms with Crippen LogP contribution in [0.4, 0.5) is 0 Å². The summed E-state index contributed by atoms with van der Waals surface area (Å²) in [5.74, 6) is -0.641. The van der Waals surface area contributed by atoms with Gasteiger partial charge in [0.15, 0.2) is 5.03 Å². The monoisotopic (exact) mass is 532 g/mol. The standard InChI is InChI=1S/C28H32N6O5/c1-39-23-16-14-20(15-17-23)19-25(35)33(24(27(29)36)13-8-18-31-28(30)32-34(37)38)26(21-9-4-2-5-10-21)22-11-6-3-7-12-22/h2-7,9-12,14-17,24,26H,8,13,18-19H2,1H3,(H2,29,36)(H3,30,31,32)/t24-/m1/s1. The van der Waals surface area contributed by atoms with Gasteiger partial charge in [-0.1, -0.05) is 72.8 Å². The molecule has 0 bridgehead atoms. The molecule has 5 N–H and O–H groups in total. The summed E-state index contributed by atoms with van der Waals surface area (Å²) in [5, 5.41) is 15.3. The van der Waals surface area contributed by atoms with Gasteiger partial charge in [0.1, 0.15) is 16.9 Å². The van der Waals surface area contributed by atoms with E-state index in [0.717, 1.165) is 16.7 Å². The minimum atomic E-state index is -0.975. The van der Waals surface area contributed by atoms with E-state index in [1.54, 1.807) is 36.3 Å². The quantitative estimate of drug-likeness (QED) is 0.1000. The summed E-state index contributed by atoms with van der Waals surface area (Å²) in [6.45, 7) is 0.189. The molecule has 0 unspecified atom stereocenters. The highest BCUT2D eigenvalue weighted by molar-refractivity contribution is 5.88. The Morgan fingerprint density at radius 1 is 0.974 bits per heavy atom. The molecule has 0 heterocycles. The van der Waals surface area contributed by atoms with Crippen molar-refractivity contribution in [3.63, 3.8) is 0 Å². The van der Waals surface area contributed by atoms with Crippen LogP contribution in [-0.2, 0) is 16.0 Å². The lowest BCUT2D eigenvalue weighted by molar-refractivity contribution is -0.485. The smallest absolute Gasteiger partial charge is 0.266 e. The number of methoxy groups -OCH3 is 1. The van der Waals surface area contributed by atoms with Crippen LogP contribution in [0.5, 0.6) is 5.75 Å². The van der Waals surface area contributed by atoms with Crippen LogP contribution in [0.25, 0.3) is 0 Å². The van der Waals surface area contributed by atoms with Crippen molar-refractivity contribution in [1.29, 1.82) is 0 Å². The van der Waals surface area contributed by atoms with Gasteiger partial charge in [0, 0.05) is 6.54 Å². The molecule has 1 atom stereocenters. The Morgan fingerprint density at radius 2 is 1.54 bits per heavy atom. The molecule has 11 heteroatoms. The van der Waals surface area contributed by atoms with Crippen molar-refractivity contribution in [2.45, 2.75) is 31.3 Å². The number of carbonyl (C=O) groups excluding carboxylic acids is 2. The summed E-state index contributed by atoms with van der Waals surface area (Å²) in [6.07, 6.45) is 0.563. The Bertz CT molecular complexity index is 1230. The van der Waals surface area contributed by atoms with Gasteiger partial charge in [-0.25, -0.2) is 10.1 Å². The van der Waals surface area contributed by atoms with Crippen molar-refractivity contribution < 1.29 is 19.4 Å². The average Bonchev–Trinajstić information content (AvgIpc) is 2.93. The van der Waals surface area contributed by atoms with E-state index < -0.39 is 23.0 Å². The average molecular weight is 533 g/mol. The molecule has 0 radical (unpaired) electrons. The SMILES string of the molecule is COc1ccc(CC(=O)N(C(c2ccccc2)c2ccccc2)[C@H](CCCNC(N)=N[N+](=O)[O-])C(N)=O)cc1. The van der Waals surface area contributed by atoms with Gasteiger partial charge in [0.05, 0.1) is 19.6 Å². The van der Waals surface area contributed by atoms with Gasteiger partial charge in [-0.05, 0) is 41.7 Å². The van der Waals surface area contributed by atoms with Crippen LogP contribution in [0, 0.1) is 10.1 Å². The number of carbonyl (C=O) groups is 2. The molecule has 0 aromatic heterocycles. The number of hydrogen-bond acceptors (Lipinski definition) is 5. The van der Waals surface area contributed by atoms with Gasteiger partial charge in [0.2, 0.25) is 11.8 Å². The molecular weight excluding hydrogens is 500 g/mol. The van der Waals surface area contributed by atoms with E-state index >= 15 is 0 Å². The second-order valence-corrected chi connectivity index (χ2v) is 8.76. The fourth-order valence-corrected chi connectivity index (χ4v) is 4.34. The summed E-state index contributed by atoms with van der Waals surface area (Å²) < 4.78 is 5.22. The number of nitrogens with zero attached hydrogens (tertiary/aromatic N) is 3. The third-order valence-electron chi connectivity index (χ3n) is 6.13. The molecule has 3 rings (SSSR count). The normalized spacial score (nSPS) is 12.0. The van der Waals surface area contributed by atoms with Crippen LogP contribution in [0.1, 0.15) is 35.6 Å². The first-order valence-corrected chi connectivity index (χ1v) is 12.4. The van der Waals surface area contributed by atoms with E-state index in [1.807, 2.05) is 60.7 Å². The molecule has 11 nitrogen and oxygen atoms in total. The summed E-state index contributed by atoms with van der Waals surface area (Å²) in [4.78, 5) is 39.0. The second-order valence-electron chi connectivity index (χ2n) is 8.76. The maximum Gasteiger partial charge on any atom is 0.266 e. The van der Waals surface area contributed by atoms with E-state index in [2.05, 4.69) is 10.4 Å². The number of nitrogens with one attached hydrogen (secondary N) is 1. The number of primary amides is 1. The maximum absolute atomic E-state index is 14.0. The minimum Gasteiger partial charge on any atom is -0.497 e. The highest BCUT2D eigenvalue weighted by Gasteiger charge is 2.35. The van der Waals surface area contributed by atoms with E-state index in [1.165, 1.54) is 0 Å². The Balaban J connectivity index is 1.98. The molecule has 0 saturated heterocycles. The van der Waals surface area contributed by atoms with Crippen LogP contribution in [0.3, 0.4) is 0 Å². The lowest BCUT2D eigenvalue weighted by Crippen LogP contribution is -2.50. The first kappa shape index (κ1) is 28.6. The summed E-state index contributed by atoms with van der Waals surface area (Å²) >= 11 is 0. The zero-order valence-electron chi connectivity index (χ0n) is 21.6. The molecule has 0 saturated carbocycles. The van der Waals surface area contributed by atoms with Crippen molar-refractivity contribution in [3.8, 4) is 5.75 Å². The van der Waals surface area contributed by atoms with Crippen LogP contribution < -0.4 is 21.5 Å². The Morgan fingerprint density at radius 3 is 2.03 bits per heavy atom. The van der Waals surface area contributed by atoms with Crippen molar-refractivity contribution in [2.75, 3.05) is 13.7 Å². The lowest BCUT2D eigenvalue weighted by Gasteiger charge is -2.38. The third-order valence-corrected chi connectivity index (χ3v) is 6.13. The van der Waals surface area contributed by atoms with Gasteiger partial charge < -0.3 is 26.4 Å². The summed E-state index contributed by atoms with van der Waals surface area (Å²) in [7, 11) is 1.56. The molecule has 0 aliphatic carbocycles. The molecule has 0 spiro atoms. The van der Waals surface area contributed by atoms with Gasteiger partial charge in [0.25, 0.3) is 5.96 Å². The molecule has 0 fully saturated rings. The maximum atomic E-state index is 14.0. The topological polar surface area (TPSA) is 166 Å². The third kappa shape index (κ3) is 8.29. The molecule has 3 aromatic carbocycles. The molecule has 0 aliphatic rings. The van der Waals surface area contributed by atoms with Crippen LogP contribution in [0.2, 0.25) is 0 Å². The number of nitrogens with two attached hydrogens (primary N) is 2. The number of benzene rings is 3. The molecule has 204 valence electrons. The number of amides is 2. The first-order chi connectivity index (χ1) is 18.8. The highest BCUT2D eigenvalue weighted by Crippen LogP contribution is 2.32. The fourth-order valence-electron chi connectivity index (χ4n) is 4.34. The van der Waals surface area contributed by atoms with Crippen molar-refractivity contribution in [1.82, 2.24) is 10.2 Å². The van der Waals surface area contributed by atoms with Crippen LogP contribution >= 0.6 is 0 Å². The van der Waals surface area contributed by atoms with Crippen molar-refractivity contribution in [3.05, 3.63) is 112 Å². The predicted octanol–water partition coefficient (Wildman–Crippen LogP) is 2.59. The zero-order chi connectivity index (χ0) is 28.2. The van der Waals surface area contributed by atoms with E-state index in [4.69, 9.17) is 16.2 Å². The zero-order valence-corrected chi connectivity index (χ0v) is 21.6.